The second kappa shape index (κ2) is 11.4. The number of benzene rings is 3. The van der Waals surface area contributed by atoms with Gasteiger partial charge in [0, 0.05) is 33.7 Å². The Balaban J connectivity index is 1.54. The van der Waals surface area contributed by atoms with Crippen LogP contribution in [0, 0.1) is 5.41 Å². The normalized spacial score (nSPS) is 17.4. The molecular formula is C27H29BrN4O3. The summed E-state index contributed by atoms with van der Waals surface area (Å²) in [5.41, 5.74) is 13.6. The van der Waals surface area contributed by atoms with Gasteiger partial charge in [0.15, 0.2) is 0 Å². The van der Waals surface area contributed by atoms with E-state index in [9.17, 15) is 4.79 Å². The molecule has 1 aliphatic rings. The van der Waals surface area contributed by atoms with Gasteiger partial charge in [-0.25, -0.2) is 0 Å². The number of rotatable bonds is 8. The Labute approximate surface area is 213 Å². The molecule has 3 aromatic carbocycles. The minimum absolute atomic E-state index is 0.0119. The molecule has 4 rings (SSSR count). The first-order valence-electron chi connectivity index (χ1n) is 11.6. The molecule has 0 heterocycles. The fraction of sp³-hybridized carbons (Fsp3) is 0.259. The van der Waals surface area contributed by atoms with Crippen molar-refractivity contribution in [2.24, 2.45) is 11.5 Å². The molecule has 0 unspecified atom stereocenters. The molecule has 0 aromatic heterocycles. The lowest BCUT2D eigenvalue weighted by atomic mass is 9.91. The van der Waals surface area contributed by atoms with Crippen molar-refractivity contribution >= 4 is 27.7 Å². The van der Waals surface area contributed by atoms with Crippen LogP contribution in [-0.2, 0) is 6.61 Å². The van der Waals surface area contributed by atoms with E-state index in [4.69, 9.17) is 26.4 Å². The Morgan fingerprint density at radius 1 is 0.943 bits per heavy atom. The summed E-state index contributed by atoms with van der Waals surface area (Å²) in [6, 6.07) is 20.3. The van der Waals surface area contributed by atoms with Gasteiger partial charge in [-0.15, -0.1) is 0 Å². The SMILES string of the molecule is N=C(N)c1ccc(Oc2cc(OCc3cccc(Br)c3)cc(C(=O)NC3CCC(N)CC3)c2)cc1. The van der Waals surface area contributed by atoms with E-state index < -0.39 is 0 Å². The average Bonchev–Trinajstić information content (AvgIpc) is 2.84. The van der Waals surface area contributed by atoms with Crippen LogP contribution in [0.4, 0.5) is 0 Å². The second-order valence-electron chi connectivity index (χ2n) is 8.74. The summed E-state index contributed by atoms with van der Waals surface area (Å²) in [4.78, 5) is 13.1. The van der Waals surface area contributed by atoms with Crippen LogP contribution in [0.3, 0.4) is 0 Å². The summed E-state index contributed by atoms with van der Waals surface area (Å²) >= 11 is 3.48. The predicted octanol–water partition coefficient (Wildman–Crippen LogP) is 5.10. The third-order valence-electron chi connectivity index (χ3n) is 5.94. The van der Waals surface area contributed by atoms with Crippen molar-refractivity contribution in [1.82, 2.24) is 5.32 Å². The van der Waals surface area contributed by atoms with Gasteiger partial charge < -0.3 is 26.3 Å². The number of amidine groups is 1. The van der Waals surface area contributed by atoms with Crippen LogP contribution >= 0.6 is 15.9 Å². The number of nitrogen functional groups attached to an aromatic ring is 1. The van der Waals surface area contributed by atoms with Crippen molar-refractivity contribution in [2.45, 2.75) is 44.4 Å². The van der Waals surface area contributed by atoms with Gasteiger partial charge in [0.1, 0.15) is 29.7 Å². The highest BCUT2D eigenvalue weighted by Crippen LogP contribution is 2.29. The first-order chi connectivity index (χ1) is 16.9. The van der Waals surface area contributed by atoms with Gasteiger partial charge in [-0.05, 0) is 79.8 Å². The predicted molar refractivity (Wildman–Crippen MR) is 140 cm³/mol. The summed E-state index contributed by atoms with van der Waals surface area (Å²) in [6.45, 7) is 0.345. The quantitative estimate of drug-likeness (QED) is 0.235. The van der Waals surface area contributed by atoms with Gasteiger partial charge in [-0.2, -0.15) is 0 Å². The zero-order chi connectivity index (χ0) is 24.8. The van der Waals surface area contributed by atoms with Crippen LogP contribution in [0.1, 0.15) is 47.2 Å². The van der Waals surface area contributed by atoms with Crippen LogP contribution in [0.25, 0.3) is 0 Å². The molecule has 0 radical (unpaired) electrons. The third kappa shape index (κ3) is 7.07. The molecule has 0 bridgehead atoms. The average molecular weight is 537 g/mol. The minimum atomic E-state index is -0.171. The number of nitrogens with two attached hydrogens (primary N) is 2. The summed E-state index contributed by atoms with van der Waals surface area (Å²) in [5.74, 6) is 1.38. The molecule has 1 fully saturated rings. The molecule has 0 spiro atoms. The molecular weight excluding hydrogens is 508 g/mol. The fourth-order valence-corrected chi connectivity index (χ4v) is 4.46. The molecule has 1 saturated carbocycles. The van der Waals surface area contributed by atoms with E-state index in [1.807, 2.05) is 24.3 Å². The lowest BCUT2D eigenvalue weighted by Gasteiger charge is -2.26. The van der Waals surface area contributed by atoms with Gasteiger partial charge in [0.2, 0.25) is 0 Å². The van der Waals surface area contributed by atoms with Crippen LogP contribution in [0.2, 0.25) is 0 Å². The molecule has 1 aliphatic carbocycles. The first kappa shape index (κ1) is 24.8. The second-order valence-corrected chi connectivity index (χ2v) is 9.65. The van der Waals surface area contributed by atoms with Gasteiger partial charge in [0.25, 0.3) is 5.91 Å². The molecule has 8 heteroatoms. The Morgan fingerprint density at radius 3 is 2.34 bits per heavy atom. The molecule has 182 valence electrons. The standard InChI is InChI=1S/C27H29BrN4O3/c28-20-3-1-2-17(12-20)16-34-24-13-19(27(33)32-22-8-6-21(29)7-9-22)14-25(15-24)35-23-10-4-18(5-11-23)26(30)31/h1-5,10-15,21-22H,6-9,16,29H2,(H3,30,31)(H,32,33). The molecule has 6 N–H and O–H groups in total. The number of ether oxygens (including phenoxy) is 2. The fourth-order valence-electron chi connectivity index (χ4n) is 4.01. The monoisotopic (exact) mass is 536 g/mol. The van der Waals surface area contributed by atoms with Gasteiger partial charge in [-0.1, -0.05) is 28.1 Å². The van der Waals surface area contributed by atoms with Crippen LogP contribution < -0.4 is 26.3 Å². The smallest absolute Gasteiger partial charge is 0.251 e. The van der Waals surface area contributed by atoms with Gasteiger partial charge in [0.05, 0.1) is 0 Å². The van der Waals surface area contributed by atoms with Crippen molar-refractivity contribution in [2.75, 3.05) is 0 Å². The molecule has 0 saturated heterocycles. The largest absolute Gasteiger partial charge is 0.489 e. The van der Waals surface area contributed by atoms with Gasteiger partial charge >= 0.3 is 0 Å². The van der Waals surface area contributed by atoms with E-state index >= 15 is 0 Å². The van der Waals surface area contributed by atoms with Crippen molar-refractivity contribution in [3.8, 4) is 17.2 Å². The number of amides is 1. The summed E-state index contributed by atoms with van der Waals surface area (Å²) in [5, 5.41) is 10.7. The molecule has 1 amide bonds. The highest BCUT2D eigenvalue weighted by Gasteiger charge is 2.21. The molecule has 0 atom stereocenters. The van der Waals surface area contributed by atoms with E-state index in [1.165, 1.54) is 0 Å². The number of nitrogens with one attached hydrogen (secondary N) is 2. The van der Waals surface area contributed by atoms with E-state index in [0.29, 0.717) is 35.0 Å². The number of carbonyl (C=O) groups excluding carboxylic acids is 1. The van der Waals surface area contributed by atoms with Gasteiger partial charge in [-0.3, -0.25) is 10.2 Å². The van der Waals surface area contributed by atoms with E-state index in [2.05, 4.69) is 21.2 Å². The molecule has 35 heavy (non-hydrogen) atoms. The summed E-state index contributed by atoms with van der Waals surface area (Å²) in [6.07, 6.45) is 3.56. The Morgan fingerprint density at radius 2 is 1.66 bits per heavy atom. The van der Waals surface area contributed by atoms with Crippen molar-refractivity contribution in [1.29, 1.82) is 5.41 Å². The topological polar surface area (TPSA) is 123 Å². The van der Waals surface area contributed by atoms with Crippen LogP contribution in [0.15, 0.2) is 71.2 Å². The molecule has 0 aliphatic heterocycles. The molecule has 7 nitrogen and oxygen atoms in total. The van der Waals surface area contributed by atoms with E-state index in [1.54, 1.807) is 42.5 Å². The Kier molecular flexibility index (Phi) is 8.05. The first-order valence-corrected chi connectivity index (χ1v) is 12.4. The number of halogens is 1. The maximum Gasteiger partial charge on any atom is 0.251 e. The highest BCUT2D eigenvalue weighted by atomic mass is 79.9. The summed E-state index contributed by atoms with van der Waals surface area (Å²) in [7, 11) is 0. The maximum absolute atomic E-state index is 13.1. The minimum Gasteiger partial charge on any atom is -0.489 e. The zero-order valence-electron chi connectivity index (χ0n) is 19.3. The lowest BCUT2D eigenvalue weighted by molar-refractivity contribution is 0.0925. The van der Waals surface area contributed by atoms with Crippen molar-refractivity contribution in [3.63, 3.8) is 0 Å². The van der Waals surface area contributed by atoms with Crippen molar-refractivity contribution < 1.29 is 14.3 Å². The van der Waals surface area contributed by atoms with E-state index in [-0.39, 0.29) is 23.8 Å². The zero-order valence-corrected chi connectivity index (χ0v) is 20.9. The van der Waals surface area contributed by atoms with E-state index in [0.717, 1.165) is 35.7 Å². The number of hydrogen-bond acceptors (Lipinski definition) is 5. The van der Waals surface area contributed by atoms with Crippen molar-refractivity contribution in [3.05, 3.63) is 87.9 Å². The Hall–Kier alpha value is -3.36. The maximum atomic E-state index is 13.1. The lowest BCUT2D eigenvalue weighted by Crippen LogP contribution is -2.40. The third-order valence-corrected chi connectivity index (χ3v) is 6.44. The number of hydrogen-bond donors (Lipinski definition) is 4. The highest BCUT2D eigenvalue weighted by molar-refractivity contribution is 9.10. The Bertz CT molecular complexity index is 1190. The van der Waals surface area contributed by atoms with Crippen LogP contribution in [0.5, 0.6) is 17.2 Å². The number of carbonyl (C=O) groups is 1. The van der Waals surface area contributed by atoms with Crippen LogP contribution in [-0.4, -0.2) is 23.8 Å². The summed E-state index contributed by atoms with van der Waals surface area (Å²) < 4.78 is 13.0. The molecule has 3 aromatic rings.